The number of benzene rings is 3. The number of nitrogens with one attached hydrogen (secondary N) is 1. The molecule has 0 aliphatic heterocycles. The maximum atomic E-state index is 13.4. The van der Waals surface area contributed by atoms with Gasteiger partial charge in [-0.15, -0.1) is 0 Å². The number of carbonyl (C=O) groups excluding carboxylic acids is 1. The number of anilines is 1. The molecule has 36 heavy (non-hydrogen) atoms. The second-order valence-corrected chi connectivity index (χ2v) is 9.36. The van der Waals surface area contributed by atoms with Crippen molar-refractivity contribution in [3.8, 4) is 6.07 Å². The summed E-state index contributed by atoms with van der Waals surface area (Å²) < 4.78 is 2.00. The van der Waals surface area contributed by atoms with E-state index >= 15 is 0 Å². The standard InChI is InChI=1S/C30H33N5O/c1-4-22(2)29(19-33-28-11-7-9-25-8-5-6-10-27(25)28)34(3)30(36)16-26-18-32-21-35(26)20-24-14-12-23(17-31)13-15-24/h5-15,18,21-22,29,33H,4,16,19-20H2,1-3H3/t22-,29+/m0/s1. The van der Waals surface area contributed by atoms with Crippen molar-refractivity contribution in [2.45, 2.75) is 39.3 Å². The fraction of sp³-hybridized carbons (Fsp3) is 0.300. The topological polar surface area (TPSA) is 74.0 Å². The highest BCUT2D eigenvalue weighted by Crippen LogP contribution is 2.24. The summed E-state index contributed by atoms with van der Waals surface area (Å²) in [6, 6.07) is 24.3. The van der Waals surface area contributed by atoms with E-state index in [-0.39, 0.29) is 18.4 Å². The molecule has 0 fully saturated rings. The van der Waals surface area contributed by atoms with Gasteiger partial charge in [0.15, 0.2) is 0 Å². The fourth-order valence-electron chi connectivity index (χ4n) is 4.57. The number of hydrogen-bond acceptors (Lipinski definition) is 4. The number of imidazole rings is 1. The summed E-state index contributed by atoms with van der Waals surface area (Å²) in [5.74, 6) is 0.409. The quantitative estimate of drug-likeness (QED) is 0.327. The van der Waals surface area contributed by atoms with Gasteiger partial charge in [-0.05, 0) is 35.1 Å². The first-order valence-electron chi connectivity index (χ1n) is 12.5. The van der Waals surface area contributed by atoms with Crippen molar-refractivity contribution in [1.29, 1.82) is 5.26 Å². The van der Waals surface area contributed by atoms with Crippen LogP contribution < -0.4 is 5.32 Å². The van der Waals surface area contributed by atoms with Crippen LogP contribution in [0.4, 0.5) is 5.69 Å². The Morgan fingerprint density at radius 2 is 1.86 bits per heavy atom. The number of likely N-dealkylation sites (N-methyl/N-ethyl adjacent to an activating group) is 1. The SMILES string of the molecule is CC[C@H](C)[C@@H](CNc1cccc2ccccc12)N(C)C(=O)Cc1cncn1Cc1ccc(C#N)cc1. The van der Waals surface area contributed by atoms with E-state index in [9.17, 15) is 4.79 Å². The third-order valence-corrected chi connectivity index (χ3v) is 7.05. The van der Waals surface area contributed by atoms with Gasteiger partial charge in [0, 0.05) is 43.1 Å². The molecule has 0 bridgehead atoms. The molecule has 2 atom stereocenters. The van der Waals surface area contributed by atoms with Gasteiger partial charge in [-0.25, -0.2) is 4.98 Å². The van der Waals surface area contributed by atoms with Crippen LogP contribution in [0.1, 0.15) is 37.1 Å². The molecule has 1 amide bonds. The Morgan fingerprint density at radius 1 is 1.11 bits per heavy atom. The lowest BCUT2D eigenvalue weighted by Crippen LogP contribution is -2.46. The first kappa shape index (κ1) is 25.0. The van der Waals surface area contributed by atoms with Gasteiger partial charge in [0.2, 0.25) is 5.91 Å². The van der Waals surface area contributed by atoms with Crippen molar-refractivity contribution in [3.63, 3.8) is 0 Å². The molecule has 3 aromatic carbocycles. The highest BCUT2D eigenvalue weighted by Gasteiger charge is 2.25. The zero-order valence-corrected chi connectivity index (χ0v) is 21.2. The molecule has 0 aliphatic carbocycles. The molecule has 1 heterocycles. The molecule has 0 spiro atoms. The fourth-order valence-corrected chi connectivity index (χ4v) is 4.57. The Morgan fingerprint density at radius 3 is 2.61 bits per heavy atom. The largest absolute Gasteiger partial charge is 0.382 e. The second kappa shape index (κ2) is 11.5. The van der Waals surface area contributed by atoms with Gasteiger partial charge in [0.05, 0.1) is 30.4 Å². The lowest BCUT2D eigenvalue weighted by atomic mass is 9.97. The number of rotatable bonds is 10. The molecular weight excluding hydrogens is 446 g/mol. The lowest BCUT2D eigenvalue weighted by Gasteiger charge is -2.33. The van der Waals surface area contributed by atoms with Crippen LogP contribution in [0.25, 0.3) is 10.8 Å². The highest BCUT2D eigenvalue weighted by molar-refractivity contribution is 5.93. The van der Waals surface area contributed by atoms with E-state index in [4.69, 9.17) is 5.26 Å². The zero-order valence-electron chi connectivity index (χ0n) is 21.2. The van der Waals surface area contributed by atoms with E-state index in [2.05, 4.69) is 66.6 Å². The van der Waals surface area contributed by atoms with Crippen molar-refractivity contribution in [2.75, 3.05) is 18.9 Å². The molecule has 4 aromatic rings. The van der Waals surface area contributed by atoms with Crippen molar-refractivity contribution in [1.82, 2.24) is 14.5 Å². The van der Waals surface area contributed by atoms with Gasteiger partial charge in [-0.3, -0.25) is 4.79 Å². The lowest BCUT2D eigenvalue weighted by molar-refractivity contribution is -0.132. The molecule has 6 nitrogen and oxygen atoms in total. The second-order valence-electron chi connectivity index (χ2n) is 9.36. The molecule has 184 valence electrons. The van der Waals surface area contributed by atoms with E-state index in [0.29, 0.717) is 24.6 Å². The number of aromatic nitrogens is 2. The van der Waals surface area contributed by atoms with Crippen LogP contribution in [0.2, 0.25) is 0 Å². The number of carbonyl (C=O) groups is 1. The predicted octanol–water partition coefficient (Wildman–Crippen LogP) is 5.48. The first-order chi connectivity index (χ1) is 17.5. The Bertz CT molecular complexity index is 1350. The number of fused-ring (bicyclic) bond motifs is 1. The summed E-state index contributed by atoms with van der Waals surface area (Å²) >= 11 is 0. The highest BCUT2D eigenvalue weighted by atomic mass is 16.2. The molecule has 0 saturated carbocycles. The third-order valence-electron chi connectivity index (χ3n) is 7.05. The molecule has 4 rings (SSSR count). The number of nitriles is 1. The smallest absolute Gasteiger partial charge is 0.228 e. The van der Waals surface area contributed by atoms with Crippen LogP contribution in [0.3, 0.4) is 0 Å². The number of amides is 1. The maximum absolute atomic E-state index is 13.4. The van der Waals surface area contributed by atoms with Crippen molar-refractivity contribution < 1.29 is 4.79 Å². The minimum Gasteiger partial charge on any atom is -0.382 e. The van der Waals surface area contributed by atoms with Crippen LogP contribution in [0, 0.1) is 17.2 Å². The molecule has 0 unspecified atom stereocenters. The van der Waals surface area contributed by atoms with E-state index in [0.717, 1.165) is 23.4 Å². The summed E-state index contributed by atoms with van der Waals surface area (Å²) in [4.78, 5) is 19.6. The van der Waals surface area contributed by atoms with Gasteiger partial charge in [-0.2, -0.15) is 5.26 Å². The predicted molar refractivity (Wildman–Crippen MR) is 145 cm³/mol. The molecular formula is C30H33N5O. The average molecular weight is 480 g/mol. The van der Waals surface area contributed by atoms with E-state index in [1.807, 2.05) is 46.8 Å². The summed E-state index contributed by atoms with van der Waals surface area (Å²) in [7, 11) is 1.91. The summed E-state index contributed by atoms with van der Waals surface area (Å²) in [6.45, 7) is 5.65. The van der Waals surface area contributed by atoms with Crippen LogP contribution in [-0.2, 0) is 17.8 Å². The van der Waals surface area contributed by atoms with Crippen molar-refractivity contribution in [2.24, 2.45) is 5.92 Å². The van der Waals surface area contributed by atoms with Crippen LogP contribution in [-0.4, -0.2) is 40.0 Å². The van der Waals surface area contributed by atoms with Crippen LogP contribution in [0.15, 0.2) is 79.3 Å². The van der Waals surface area contributed by atoms with E-state index < -0.39 is 0 Å². The Balaban J connectivity index is 1.45. The molecule has 1 aromatic heterocycles. The molecule has 6 heteroatoms. The monoisotopic (exact) mass is 479 g/mol. The molecule has 0 saturated heterocycles. The minimum absolute atomic E-state index is 0.0522. The van der Waals surface area contributed by atoms with Gasteiger partial charge in [0.25, 0.3) is 0 Å². The van der Waals surface area contributed by atoms with E-state index in [1.165, 1.54) is 10.8 Å². The molecule has 0 radical (unpaired) electrons. The molecule has 0 aliphatic rings. The third kappa shape index (κ3) is 5.75. The van der Waals surface area contributed by atoms with Gasteiger partial charge < -0.3 is 14.8 Å². The summed E-state index contributed by atoms with van der Waals surface area (Å²) in [5, 5.41) is 15.0. The van der Waals surface area contributed by atoms with Crippen LogP contribution in [0.5, 0.6) is 0 Å². The van der Waals surface area contributed by atoms with Crippen LogP contribution >= 0.6 is 0 Å². The van der Waals surface area contributed by atoms with Gasteiger partial charge in [-0.1, -0.05) is 68.8 Å². The number of nitrogens with zero attached hydrogens (tertiary/aromatic N) is 4. The average Bonchev–Trinajstić information content (AvgIpc) is 3.35. The number of hydrogen-bond donors (Lipinski definition) is 1. The summed E-state index contributed by atoms with van der Waals surface area (Å²) in [6.07, 6.45) is 4.79. The van der Waals surface area contributed by atoms with E-state index in [1.54, 1.807) is 12.5 Å². The van der Waals surface area contributed by atoms with Crippen molar-refractivity contribution >= 4 is 22.4 Å². The Kier molecular flexibility index (Phi) is 8.02. The van der Waals surface area contributed by atoms with Gasteiger partial charge >= 0.3 is 0 Å². The van der Waals surface area contributed by atoms with Gasteiger partial charge in [0.1, 0.15) is 0 Å². The summed E-state index contributed by atoms with van der Waals surface area (Å²) in [5.41, 5.74) is 3.66. The minimum atomic E-state index is 0.0522. The first-order valence-corrected chi connectivity index (χ1v) is 12.5. The zero-order chi connectivity index (χ0) is 25.5. The maximum Gasteiger partial charge on any atom is 0.228 e. The Hall–Kier alpha value is -4.11. The Labute approximate surface area is 213 Å². The normalized spacial score (nSPS) is 12.6. The molecule has 1 N–H and O–H groups in total. The van der Waals surface area contributed by atoms with Crippen molar-refractivity contribution in [3.05, 3.63) is 96.1 Å².